The summed E-state index contributed by atoms with van der Waals surface area (Å²) in [6, 6.07) is 3.55. The number of aromatic nitrogens is 1. The molecule has 126 valence electrons. The highest BCUT2D eigenvalue weighted by atomic mass is 16.5. The maximum Gasteiger partial charge on any atom is 0.253 e. The van der Waals surface area contributed by atoms with Gasteiger partial charge >= 0.3 is 0 Å². The Labute approximate surface area is 136 Å². The zero-order chi connectivity index (χ0) is 16.8. The van der Waals surface area contributed by atoms with E-state index in [1.807, 2.05) is 26.8 Å². The number of anilines is 1. The monoisotopic (exact) mass is 320 g/mol. The van der Waals surface area contributed by atoms with Gasteiger partial charge in [-0.05, 0) is 32.9 Å². The number of carbonyl (C=O) groups is 2. The van der Waals surface area contributed by atoms with Gasteiger partial charge in [0.15, 0.2) is 0 Å². The fourth-order valence-corrected chi connectivity index (χ4v) is 2.59. The number of rotatable bonds is 5. The van der Waals surface area contributed by atoms with Crippen LogP contribution < -0.4 is 15.5 Å². The summed E-state index contributed by atoms with van der Waals surface area (Å²) in [7, 11) is 0. The molecular weight excluding hydrogens is 296 g/mol. The van der Waals surface area contributed by atoms with Crippen LogP contribution in [0.3, 0.4) is 0 Å². The van der Waals surface area contributed by atoms with Crippen molar-refractivity contribution in [2.45, 2.75) is 33.0 Å². The summed E-state index contributed by atoms with van der Waals surface area (Å²) >= 11 is 0. The van der Waals surface area contributed by atoms with Gasteiger partial charge in [-0.1, -0.05) is 0 Å². The van der Waals surface area contributed by atoms with Gasteiger partial charge in [0.25, 0.3) is 5.91 Å². The Morgan fingerprint density at radius 1 is 1.26 bits per heavy atom. The van der Waals surface area contributed by atoms with Crippen molar-refractivity contribution in [2.75, 3.05) is 31.1 Å². The second-order valence-electron chi connectivity index (χ2n) is 5.70. The summed E-state index contributed by atoms with van der Waals surface area (Å²) in [5.41, 5.74) is 0.437. The van der Waals surface area contributed by atoms with E-state index in [1.165, 1.54) is 6.20 Å². The first-order valence-electron chi connectivity index (χ1n) is 7.91. The van der Waals surface area contributed by atoms with Gasteiger partial charge in [-0.2, -0.15) is 0 Å². The highest BCUT2D eigenvalue weighted by molar-refractivity contribution is 5.96. The van der Waals surface area contributed by atoms with Crippen molar-refractivity contribution in [3.63, 3.8) is 0 Å². The molecular formula is C16H24N4O3. The van der Waals surface area contributed by atoms with E-state index in [-0.39, 0.29) is 30.6 Å². The van der Waals surface area contributed by atoms with Crippen molar-refractivity contribution in [3.05, 3.63) is 23.9 Å². The number of carbonyl (C=O) groups excluding carboxylic acids is 2. The highest BCUT2D eigenvalue weighted by Crippen LogP contribution is 2.18. The molecule has 1 saturated heterocycles. The lowest BCUT2D eigenvalue weighted by molar-refractivity contribution is -0.120. The second-order valence-corrected chi connectivity index (χ2v) is 5.70. The first kappa shape index (κ1) is 17.2. The number of hydrogen-bond donors (Lipinski definition) is 2. The number of nitrogens with zero attached hydrogens (tertiary/aromatic N) is 2. The summed E-state index contributed by atoms with van der Waals surface area (Å²) in [5, 5.41) is 5.20. The Bertz CT molecular complexity index is 537. The normalized spacial score (nSPS) is 20.9. The third-order valence-corrected chi connectivity index (χ3v) is 3.54. The minimum Gasteiger partial charge on any atom is -0.372 e. The summed E-state index contributed by atoms with van der Waals surface area (Å²) in [4.78, 5) is 29.8. The molecule has 2 unspecified atom stereocenters. The van der Waals surface area contributed by atoms with Crippen molar-refractivity contribution < 1.29 is 14.3 Å². The first-order valence-corrected chi connectivity index (χ1v) is 7.91. The maximum absolute atomic E-state index is 12.0. The van der Waals surface area contributed by atoms with Crippen LogP contribution in [-0.2, 0) is 9.53 Å². The van der Waals surface area contributed by atoms with Crippen molar-refractivity contribution in [2.24, 2.45) is 0 Å². The number of nitrogens with one attached hydrogen (secondary N) is 2. The molecule has 0 aromatic carbocycles. The van der Waals surface area contributed by atoms with Crippen LogP contribution >= 0.6 is 0 Å². The van der Waals surface area contributed by atoms with E-state index < -0.39 is 0 Å². The van der Waals surface area contributed by atoms with Crippen molar-refractivity contribution in [1.29, 1.82) is 0 Å². The van der Waals surface area contributed by atoms with Crippen LogP contribution in [0.15, 0.2) is 18.3 Å². The molecule has 1 aromatic heterocycles. The standard InChI is InChI=1S/C16H24N4O3/c1-4-17-15(21)8-19-16(22)13-5-6-14(18-7-13)20-9-11(2)23-12(3)10-20/h5-7,11-12H,4,8-10H2,1-3H3,(H,17,21)(H,19,22). The van der Waals surface area contributed by atoms with Gasteiger partial charge < -0.3 is 20.3 Å². The number of morpholine rings is 1. The van der Waals surface area contributed by atoms with Gasteiger partial charge in [-0.25, -0.2) is 4.98 Å². The molecule has 0 radical (unpaired) electrons. The number of ether oxygens (including phenoxy) is 1. The molecule has 1 fully saturated rings. The summed E-state index contributed by atoms with van der Waals surface area (Å²) < 4.78 is 5.70. The molecule has 2 N–H and O–H groups in total. The number of pyridine rings is 1. The fourth-order valence-electron chi connectivity index (χ4n) is 2.59. The van der Waals surface area contributed by atoms with E-state index in [9.17, 15) is 9.59 Å². The van der Waals surface area contributed by atoms with E-state index in [0.717, 1.165) is 18.9 Å². The van der Waals surface area contributed by atoms with E-state index in [4.69, 9.17) is 4.74 Å². The van der Waals surface area contributed by atoms with Crippen LogP contribution in [0.25, 0.3) is 0 Å². The third-order valence-electron chi connectivity index (χ3n) is 3.54. The Balaban J connectivity index is 1.93. The van der Waals surface area contributed by atoms with Crippen LogP contribution in [0.4, 0.5) is 5.82 Å². The van der Waals surface area contributed by atoms with Crippen molar-refractivity contribution in [3.8, 4) is 0 Å². The average molecular weight is 320 g/mol. The molecule has 0 spiro atoms. The molecule has 7 nitrogen and oxygen atoms in total. The fraction of sp³-hybridized carbons (Fsp3) is 0.562. The topological polar surface area (TPSA) is 83.6 Å². The number of likely N-dealkylation sites (N-methyl/N-ethyl adjacent to an activating group) is 1. The van der Waals surface area contributed by atoms with Gasteiger partial charge in [0.1, 0.15) is 5.82 Å². The lowest BCUT2D eigenvalue weighted by atomic mass is 10.2. The summed E-state index contributed by atoms with van der Waals surface area (Å²) in [6.07, 6.45) is 1.84. The van der Waals surface area contributed by atoms with Crippen LogP contribution in [0.2, 0.25) is 0 Å². The molecule has 7 heteroatoms. The van der Waals surface area contributed by atoms with E-state index in [0.29, 0.717) is 12.1 Å². The Morgan fingerprint density at radius 3 is 2.52 bits per heavy atom. The van der Waals surface area contributed by atoms with Crippen LogP contribution in [-0.4, -0.2) is 55.2 Å². The molecule has 0 aliphatic carbocycles. The van der Waals surface area contributed by atoms with Gasteiger partial charge in [-0.15, -0.1) is 0 Å². The molecule has 23 heavy (non-hydrogen) atoms. The Morgan fingerprint density at radius 2 is 1.96 bits per heavy atom. The van der Waals surface area contributed by atoms with E-state index in [1.54, 1.807) is 6.07 Å². The SMILES string of the molecule is CCNC(=O)CNC(=O)c1ccc(N2CC(C)OC(C)C2)nc1. The van der Waals surface area contributed by atoms with Gasteiger partial charge in [0.05, 0.1) is 24.3 Å². The first-order chi connectivity index (χ1) is 11.0. The molecule has 0 bridgehead atoms. The average Bonchev–Trinajstić information content (AvgIpc) is 2.52. The predicted molar refractivity (Wildman–Crippen MR) is 87.5 cm³/mol. The maximum atomic E-state index is 12.0. The van der Waals surface area contributed by atoms with Crippen molar-refractivity contribution in [1.82, 2.24) is 15.6 Å². The number of hydrogen-bond acceptors (Lipinski definition) is 5. The Hall–Kier alpha value is -2.15. The smallest absolute Gasteiger partial charge is 0.253 e. The zero-order valence-electron chi connectivity index (χ0n) is 13.8. The van der Waals surface area contributed by atoms with Crippen LogP contribution in [0.5, 0.6) is 0 Å². The van der Waals surface area contributed by atoms with Gasteiger partial charge in [0, 0.05) is 25.8 Å². The quantitative estimate of drug-likeness (QED) is 0.828. The van der Waals surface area contributed by atoms with Crippen molar-refractivity contribution >= 4 is 17.6 Å². The molecule has 1 aromatic rings. The molecule has 1 aliphatic rings. The largest absolute Gasteiger partial charge is 0.372 e. The molecule has 2 rings (SSSR count). The third kappa shape index (κ3) is 4.92. The zero-order valence-corrected chi connectivity index (χ0v) is 13.8. The van der Waals surface area contributed by atoms with E-state index in [2.05, 4.69) is 20.5 Å². The van der Waals surface area contributed by atoms with Crippen LogP contribution in [0, 0.1) is 0 Å². The predicted octanol–water partition coefficient (Wildman–Crippen LogP) is 0.561. The minimum atomic E-state index is -0.306. The lowest BCUT2D eigenvalue weighted by Crippen LogP contribution is -2.45. The van der Waals surface area contributed by atoms with Gasteiger partial charge in [0.2, 0.25) is 5.91 Å². The molecule has 0 saturated carbocycles. The molecule has 1 aliphatic heterocycles. The lowest BCUT2D eigenvalue weighted by Gasteiger charge is -2.36. The number of amides is 2. The van der Waals surface area contributed by atoms with Crippen LogP contribution in [0.1, 0.15) is 31.1 Å². The summed E-state index contributed by atoms with van der Waals surface area (Å²) in [5.74, 6) is 0.313. The van der Waals surface area contributed by atoms with E-state index >= 15 is 0 Å². The molecule has 2 heterocycles. The summed E-state index contributed by atoms with van der Waals surface area (Å²) in [6.45, 7) is 7.96. The Kier molecular flexibility index (Phi) is 5.92. The molecule has 2 amide bonds. The highest BCUT2D eigenvalue weighted by Gasteiger charge is 2.23. The second kappa shape index (κ2) is 7.92. The molecule has 2 atom stereocenters. The van der Waals surface area contributed by atoms with Gasteiger partial charge in [-0.3, -0.25) is 9.59 Å². The minimum absolute atomic E-state index is 0.0348.